The number of nitrogens with one attached hydrogen (secondary N) is 2. The highest BCUT2D eigenvalue weighted by molar-refractivity contribution is 6.32. The van der Waals surface area contributed by atoms with Crippen molar-refractivity contribution in [3.63, 3.8) is 0 Å². The molecular formula is C15H22ClN3O2. The molecule has 1 aromatic carbocycles. The van der Waals surface area contributed by atoms with Crippen LogP contribution in [0.4, 0.5) is 5.69 Å². The molecule has 6 heteroatoms. The Hall–Kier alpha value is -1.30. The molecule has 1 amide bonds. The molecule has 1 fully saturated rings. The first-order chi connectivity index (χ1) is 9.92. The highest BCUT2D eigenvalue weighted by atomic mass is 35.5. The lowest BCUT2D eigenvalue weighted by molar-refractivity contribution is -0.119. The number of rotatable bonds is 4. The molecule has 0 unspecified atom stereocenters. The van der Waals surface area contributed by atoms with Gasteiger partial charge in [0.25, 0.3) is 0 Å². The highest BCUT2D eigenvalue weighted by Crippen LogP contribution is 2.27. The number of carbonyl (C=O) groups is 1. The van der Waals surface area contributed by atoms with E-state index in [1.54, 1.807) is 25.3 Å². The number of anilines is 1. The van der Waals surface area contributed by atoms with E-state index >= 15 is 0 Å². The largest absolute Gasteiger partial charge is 0.495 e. The summed E-state index contributed by atoms with van der Waals surface area (Å²) < 4.78 is 5.09. The van der Waals surface area contributed by atoms with Crippen molar-refractivity contribution in [2.45, 2.75) is 19.4 Å². The van der Waals surface area contributed by atoms with Crippen LogP contribution in [0.25, 0.3) is 0 Å². The van der Waals surface area contributed by atoms with Gasteiger partial charge in [0.1, 0.15) is 5.75 Å². The molecule has 21 heavy (non-hydrogen) atoms. The topological polar surface area (TPSA) is 53.6 Å². The van der Waals surface area contributed by atoms with E-state index in [1.807, 2.05) is 0 Å². The normalized spacial score (nSPS) is 18.3. The SMILES string of the molecule is COc1ccc(NC(=O)CN2CCNCC2(C)C)cc1Cl. The summed E-state index contributed by atoms with van der Waals surface area (Å²) in [4.78, 5) is 14.4. The maximum Gasteiger partial charge on any atom is 0.238 e. The van der Waals surface area contributed by atoms with Crippen molar-refractivity contribution in [2.24, 2.45) is 0 Å². The van der Waals surface area contributed by atoms with Crippen molar-refractivity contribution < 1.29 is 9.53 Å². The zero-order valence-corrected chi connectivity index (χ0v) is 13.5. The first-order valence-electron chi connectivity index (χ1n) is 7.01. The molecule has 5 nitrogen and oxygen atoms in total. The van der Waals surface area contributed by atoms with E-state index in [1.165, 1.54) is 0 Å². The standard InChI is InChI=1S/C15H22ClN3O2/c1-15(2)10-17-6-7-19(15)9-14(20)18-11-4-5-13(21-3)12(16)8-11/h4-5,8,17H,6-7,9-10H2,1-3H3,(H,18,20). The third-order valence-corrected chi connectivity index (χ3v) is 4.04. The van der Waals surface area contributed by atoms with Crippen LogP contribution in [0.5, 0.6) is 5.75 Å². The molecule has 1 saturated heterocycles. The number of methoxy groups -OCH3 is 1. The predicted molar refractivity (Wildman–Crippen MR) is 85.2 cm³/mol. The molecule has 1 aliphatic rings. The Bertz CT molecular complexity index is 520. The van der Waals surface area contributed by atoms with Gasteiger partial charge in [-0.3, -0.25) is 9.69 Å². The minimum Gasteiger partial charge on any atom is -0.495 e. The van der Waals surface area contributed by atoms with Crippen LogP contribution >= 0.6 is 11.6 Å². The minimum atomic E-state index is -0.0359. The number of hydrogen-bond acceptors (Lipinski definition) is 4. The third kappa shape index (κ3) is 4.09. The van der Waals surface area contributed by atoms with Gasteiger partial charge in [0, 0.05) is 30.9 Å². The second-order valence-corrected chi connectivity index (χ2v) is 6.22. The van der Waals surface area contributed by atoms with Gasteiger partial charge in [0.15, 0.2) is 0 Å². The van der Waals surface area contributed by atoms with Crippen LogP contribution in [0.3, 0.4) is 0 Å². The fourth-order valence-electron chi connectivity index (χ4n) is 2.43. The number of nitrogens with zero attached hydrogens (tertiary/aromatic N) is 1. The van der Waals surface area contributed by atoms with Crippen LogP contribution in [-0.4, -0.2) is 49.6 Å². The summed E-state index contributed by atoms with van der Waals surface area (Å²) in [5, 5.41) is 6.71. The lowest BCUT2D eigenvalue weighted by atomic mass is 10.0. The molecule has 2 rings (SSSR count). The summed E-state index contributed by atoms with van der Waals surface area (Å²) in [5.41, 5.74) is 0.659. The van der Waals surface area contributed by atoms with E-state index in [2.05, 4.69) is 29.4 Å². The van der Waals surface area contributed by atoms with Crippen LogP contribution < -0.4 is 15.4 Å². The Kier molecular flexibility index (Phi) is 5.08. The molecule has 1 heterocycles. The van der Waals surface area contributed by atoms with Crippen molar-refractivity contribution >= 4 is 23.2 Å². The fourth-order valence-corrected chi connectivity index (χ4v) is 2.69. The van der Waals surface area contributed by atoms with Crippen LogP contribution in [-0.2, 0) is 4.79 Å². The molecule has 1 aromatic rings. The Morgan fingerprint density at radius 2 is 2.29 bits per heavy atom. The number of ether oxygens (including phenoxy) is 1. The Morgan fingerprint density at radius 1 is 1.52 bits per heavy atom. The van der Waals surface area contributed by atoms with Gasteiger partial charge in [0.2, 0.25) is 5.91 Å². The number of piperazine rings is 1. The van der Waals surface area contributed by atoms with E-state index in [4.69, 9.17) is 16.3 Å². The minimum absolute atomic E-state index is 0.0207. The van der Waals surface area contributed by atoms with Gasteiger partial charge in [-0.25, -0.2) is 0 Å². The van der Waals surface area contributed by atoms with Gasteiger partial charge in [0.05, 0.1) is 18.7 Å². The first-order valence-corrected chi connectivity index (χ1v) is 7.39. The highest BCUT2D eigenvalue weighted by Gasteiger charge is 2.30. The van der Waals surface area contributed by atoms with E-state index < -0.39 is 0 Å². The molecule has 2 N–H and O–H groups in total. The van der Waals surface area contributed by atoms with Crippen molar-refractivity contribution in [3.8, 4) is 5.75 Å². The zero-order valence-electron chi connectivity index (χ0n) is 12.7. The van der Waals surface area contributed by atoms with E-state index in [-0.39, 0.29) is 11.4 Å². The van der Waals surface area contributed by atoms with Gasteiger partial charge >= 0.3 is 0 Å². The summed E-state index contributed by atoms with van der Waals surface area (Å²) in [6.45, 7) is 7.30. The maximum absolute atomic E-state index is 12.2. The van der Waals surface area contributed by atoms with Crippen molar-refractivity contribution in [1.82, 2.24) is 10.2 Å². The molecule has 116 valence electrons. The van der Waals surface area contributed by atoms with E-state index in [9.17, 15) is 4.79 Å². The molecule has 0 aromatic heterocycles. The molecule has 0 atom stereocenters. The third-order valence-electron chi connectivity index (χ3n) is 3.74. The zero-order chi connectivity index (χ0) is 15.5. The van der Waals surface area contributed by atoms with Crippen LogP contribution in [0, 0.1) is 0 Å². The van der Waals surface area contributed by atoms with Crippen LogP contribution in [0.2, 0.25) is 5.02 Å². The average Bonchev–Trinajstić information content (AvgIpc) is 2.41. The molecule has 0 aliphatic carbocycles. The van der Waals surface area contributed by atoms with Gasteiger partial charge in [-0.1, -0.05) is 11.6 Å². The number of halogens is 1. The van der Waals surface area contributed by atoms with Gasteiger partial charge in [-0.15, -0.1) is 0 Å². The molecule has 1 aliphatic heterocycles. The number of carbonyl (C=O) groups excluding carboxylic acids is 1. The summed E-state index contributed by atoms with van der Waals surface area (Å²) in [6.07, 6.45) is 0. The lowest BCUT2D eigenvalue weighted by Crippen LogP contribution is -2.59. The smallest absolute Gasteiger partial charge is 0.238 e. The first kappa shape index (κ1) is 16.1. The van der Waals surface area contributed by atoms with Crippen LogP contribution in [0.1, 0.15) is 13.8 Å². The maximum atomic E-state index is 12.2. The Morgan fingerprint density at radius 3 is 2.90 bits per heavy atom. The Balaban J connectivity index is 1.97. The van der Waals surface area contributed by atoms with Gasteiger partial charge in [-0.05, 0) is 32.0 Å². The predicted octanol–water partition coefficient (Wildman–Crippen LogP) is 1.97. The summed E-state index contributed by atoms with van der Waals surface area (Å²) in [5.74, 6) is 0.559. The van der Waals surface area contributed by atoms with Crippen molar-refractivity contribution in [1.29, 1.82) is 0 Å². The average molecular weight is 312 g/mol. The molecule has 0 bridgehead atoms. The molecule has 0 spiro atoms. The molecule has 0 radical (unpaired) electrons. The summed E-state index contributed by atoms with van der Waals surface area (Å²) >= 11 is 6.06. The van der Waals surface area contributed by atoms with Crippen LogP contribution in [0.15, 0.2) is 18.2 Å². The van der Waals surface area contributed by atoms with Crippen molar-refractivity contribution in [3.05, 3.63) is 23.2 Å². The Labute approximate surface area is 130 Å². The summed E-state index contributed by atoms with van der Waals surface area (Å²) in [6, 6.07) is 5.22. The van der Waals surface area contributed by atoms with Gasteiger partial charge < -0.3 is 15.4 Å². The number of amides is 1. The van der Waals surface area contributed by atoms with E-state index in [0.717, 1.165) is 19.6 Å². The monoisotopic (exact) mass is 311 g/mol. The van der Waals surface area contributed by atoms with E-state index in [0.29, 0.717) is 23.0 Å². The van der Waals surface area contributed by atoms with Crippen molar-refractivity contribution in [2.75, 3.05) is 38.6 Å². The second-order valence-electron chi connectivity index (χ2n) is 5.81. The molecule has 0 saturated carbocycles. The number of hydrogen-bond donors (Lipinski definition) is 2. The lowest BCUT2D eigenvalue weighted by Gasteiger charge is -2.42. The molecular weight excluding hydrogens is 290 g/mol. The fraction of sp³-hybridized carbons (Fsp3) is 0.533. The quantitative estimate of drug-likeness (QED) is 0.892. The van der Waals surface area contributed by atoms with Gasteiger partial charge in [-0.2, -0.15) is 0 Å². The number of benzene rings is 1. The summed E-state index contributed by atoms with van der Waals surface area (Å²) in [7, 11) is 1.56. The second kappa shape index (κ2) is 6.64.